The van der Waals surface area contributed by atoms with Crippen molar-refractivity contribution in [1.82, 2.24) is 9.88 Å². The van der Waals surface area contributed by atoms with Crippen LogP contribution >= 0.6 is 11.8 Å². The Morgan fingerprint density at radius 1 is 1.07 bits per heavy atom. The van der Waals surface area contributed by atoms with Gasteiger partial charge in [0.25, 0.3) is 0 Å². The summed E-state index contributed by atoms with van der Waals surface area (Å²) in [7, 11) is 2.12. The number of hydrogen-bond acceptors (Lipinski definition) is 7. The summed E-state index contributed by atoms with van der Waals surface area (Å²) in [6.07, 6.45) is 2.54. The van der Waals surface area contributed by atoms with Crippen molar-refractivity contribution in [2.75, 3.05) is 49.6 Å². The molecule has 2 N–H and O–H groups in total. The second kappa shape index (κ2) is 10.3. The maximum absolute atomic E-state index is 9.89. The van der Waals surface area contributed by atoms with E-state index in [1.165, 1.54) is 5.56 Å². The van der Waals surface area contributed by atoms with Crippen LogP contribution in [0.1, 0.15) is 35.6 Å². The molecule has 0 amide bonds. The number of nitriles is 2. The first-order valence-electron chi connectivity index (χ1n) is 10.3. The number of benzene rings is 1. The molecule has 2 heterocycles. The average Bonchev–Trinajstić information content (AvgIpc) is 2.98. The predicted octanol–water partition coefficient (Wildman–Crippen LogP) is 3.45. The minimum Gasteiger partial charge on any atom is -0.399 e. The van der Waals surface area contributed by atoms with Crippen molar-refractivity contribution >= 4 is 23.3 Å². The van der Waals surface area contributed by atoms with Crippen molar-refractivity contribution in [1.29, 1.82) is 10.5 Å². The van der Waals surface area contributed by atoms with Crippen LogP contribution in [0.5, 0.6) is 0 Å². The normalized spacial score (nSPS) is 14.7. The summed E-state index contributed by atoms with van der Waals surface area (Å²) in [6, 6.07) is 12.5. The van der Waals surface area contributed by atoms with E-state index in [2.05, 4.69) is 29.0 Å². The summed E-state index contributed by atoms with van der Waals surface area (Å²) in [5, 5.41) is 20.5. The number of anilines is 2. The van der Waals surface area contributed by atoms with Crippen molar-refractivity contribution in [3.63, 3.8) is 0 Å². The van der Waals surface area contributed by atoms with Gasteiger partial charge in [-0.05, 0) is 56.1 Å². The Kier molecular flexibility index (Phi) is 7.57. The van der Waals surface area contributed by atoms with Crippen LogP contribution in [0, 0.1) is 22.7 Å². The number of aromatic nitrogens is 1. The third kappa shape index (κ3) is 5.05. The van der Waals surface area contributed by atoms with E-state index in [1.807, 2.05) is 31.2 Å². The molecule has 0 bridgehead atoms. The van der Waals surface area contributed by atoms with E-state index in [4.69, 9.17) is 10.7 Å². The van der Waals surface area contributed by atoms with Crippen molar-refractivity contribution in [2.45, 2.75) is 31.2 Å². The van der Waals surface area contributed by atoms with E-state index >= 15 is 0 Å². The summed E-state index contributed by atoms with van der Waals surface area (Å²) in [4.78, 5) is 9.38. The first kappa shape index (κ1) is 22.0. The fraction of sp³-hybridized carbons (Fsp3) is 0.435. The quantitative estimate of drug-likeness (QED) is 0.565. The minimum atomic E-state index is 0.548. The lowest BCUT2D eigenvalue weighted by atomic mass is 10.0. The van der Waals surface area contributed by atoms with E-state index < -0.39 is 0 Å². The molecule has 1 aromatic carbocycles. The summed E-state index contributed by atoms with van der Waals surface area (Å²) in [5.74, 6) is 1.54. The zero-order valence-electron chi connectivity index (χ0n) is 17.7. The van der Waals surface area contributed by atoms with Gasteiger partial charge < -0.3 is 15.5 Å². The minimum absolute atomic E-state index is 0.548. The number of nitrogens with two attached hydrogens (primary N) is 1. The first-order valence-corrected chi connectivity index (χ1v) is 11.3. The molecule has 0 saturated carbocycles. The maximum atomic E-state index is 9.89. The number of nitrogens with zero attached hydrogens (tertiary/aromatic N) is 5. The van der Waals surface area contributed by atoms with Gasteiger partial charge in [0, 0.05) is 31.1 Å². The highest BCUT2D eigenvalue weighted by Crippen LogP contribution is 2.32. The Morgan fingerprint density at radius 3 is 2.47 bits per heavy atom. The van der Waals surface area contributed by atoms with Gasteiger partial charge in [-0.2, -0.15) is 10.5 Å². The number of nitrogen functional groups attached to an aromatic ring is 1. The van der Waals surface area contributed by atoms with E-state index in [9.17, 15) is 10.5 Å². The molecule has 1 aromatic heterocycles. The van der Waals surface area contributed by atoms with Crippen LogP contribution in [0.3, 0.4) is 0 Å². The van der Waals surface area contributed by atoms with Crippen molar-refractivity contribution < 1.29 is 0 Å². The number of thioether (sulfide) groups is 1. The third-order valence-corrected chi connectivity index (χ3v) is 6.43. The Balaban J connectivity index is 1.90. The Bertz CT molecular complexity index is 958. The van der Waals surface area contributed by atoms with Gasteiger partial charge in [0.05, 0.1) is 11.1 Å². The Labute approximate surface area is 183 Å². The van der Waals surface area contributed by atoms with Gasteiger partial charge in [0.2, 0.25) is 0 Å². The van der Waals surface area contributed by atoms with Crippen LogP contribution in [0.2, 0.25) is 0 Å². The average molecular weight is 421 g/mol. The van der Waals surface area contributed by atoms with Crippen molar-refractivity contribution in [3.05, 3.63) is 46.5 Å². The Hall–Kier alpha value is -2.74. The van der Waals surface area contributed by atoms with Crippen molar-refractivity contribution in [3.8, 4) is 12.1 Å². The molecule has 1 aliphatic heterocycles. The summed E-state index contributed by atoms with van der Waals surface area (Å²) in [6.45, 7) is 5.69. The smallest absolute Gasteiger partial charge is 0.148 e. The van der Waals surface area contributed by atoms with Crippen LogP contribution in [-0.4, -0.2) is 48.9 Å². The largest absolute Gasteiger partial charge is 0.399 e. The van der Waals surface area contributed by atoms with Gasteiger partial charge in [-0.25, -0.2) is 4.98 Å². The van der Waals surface area contributed by atoms with E-state index in [-0.39, 0.29) is 0 Å². The highest BCUT2D eigenvalue weighted by molar-refractivity contribution is 7.99. The molecule has 156 valence electrons. The van der Waals surface area contributed by atoms with Gasteiger partial charge in [-0.1, -0.05) is 19.1 Å². The molecule has 6 nitrogen and oxygen atoms in total. The van der Waals surface area contributed by atoms with Crippen LogP contribution in [0.4, 0.5) is 11.5 Å². The van der Waals surface area contributed by atoms with Gasteiger partial charge in [0.1, 0.15) is 23.0 Å². The number of hydrogen-bond donors (Lipinski definition) is 1. The molecule has 0 radical (unpaired) electrons. The maximum Gasteiger partial charge on any atom is 0.148 e. The third-order valence-electron chi connectivity index (χ3n) is 5.45. The molecule has 0 aliphatic carbocycles. The summed E-state index contributed by atoms with van der Waals surface area (Å²) >= 11 is 1.59. The molecule has 1 aliphatic rings. The topological polar surface area (TPSA) is 93.0 Å². The molecule has 0 atom stereocenters. The number of aryl methyl sites for hydroxylation is 1. The molecule has 0 spiro atoms. The second-order valence-electron chi connectivity index (χ2n) is 7.53. The lowest BCUT2D eigenvalue weighted by molar-refractivity contribution is 0.360. The summed E-state index contributed by atoms with van der Waals surface area (Å²) in [5.41, 5.74) is 9.65. The highest BCUT2D eigenvalue weighted by Gasteiger charge is 2.24. The number of pyridine rings is 1. The monoisotopic (exact) mass is 420 g/mol. The molecule has 1 saturated heterocycles. The zero-order chi connectivity index (χ0) is 21.5. The lowest BCUT2D eigenvalue weighted by Crippen LogP contribution is -2.30. The van der Waals surface area contributed by atoms with Gasteiger partial charge in [-0.15, -0.1) is 11.8 Å². The van der Waals surface area contributed by atoms with E-state index in [1.54, 1.807) is 11.8 Å². The Morgan fingerprint density at radius 2 is 1.80 bits per heavy atom. The van der Waals surface area contributed by atoms with Gasteiger partial charge in [-0.3, -0.25) is 0 Å². The molecule has 0 unspecified atom stereocenters. The molecule has 30 heavy (non-hydrogen) atoms. The van der Waals surface area contributed by atoms with Crippen LogP contribution in [0.15, 0.2) is 29.3 Å². The van der Waals surface area contributed by atoms with Gasteiger partial charge in [0.15, 0.2) is 0 Å². The number of likely N-dealkylation sites (N-methyl/N-ethyl adjacent to an activating group) is 1. The molecule has 2 aromatic rings. The predicted molar refractivity (Wildman–Crippen MR) is 123 cm³/mol. The van der Waals surface area contributed by atoms with Crippen LogP contribution < -0.4 is 10.6 Å². The van der Waals surface area contributed by atoms with Crippen LogP contribution in [-0.2, 0) is 12.8 Å². The zero-order valence-corrected chi connectivity index (χ0v) is 18.5. The molecule has 7 heteroatoms. The SMILES string of the molecule is CCc1c(C#N)c(SCCc2ccc(N)cc2)nc(N2CCCN(C)CC2)c1C#N. The fourth-order valence-corrected chi connectivity index (χ4v) is 4.72. The first-order chi connectivity index (χ1) is 14.6. The van der Waals surface area contributed by atoms with Crippen LogP contribution in [0.25, 0.3) is 0 Å². The fourth-order valence-electron chi connectivity index (χ4n) is 3.72. The van der Waals surface area contributed by atoms with E-state index in [0.29, 0.717) is 17.5 Å². The van der Waals surface area contributed by atoms with Gasteiger partial charge >= 0.3 is 0 Å². The standard InChI is InChI=1S/C23H28N6S/c1-3-19-20(15-24)22(29-11-4-10-28(2)12-13-29)27-23(21(19)16-25)30-14-9-17-5-7-18(26)8-6-17/h5-8H,3-4,9-14,26H2,1-2H3. The second-order valence-corrected chi connectivity index (χ2v) is 8.61. The molecular weight excluding hydrogens is 392 g/mol. The molecular formula is C23H28N6S. The number of rotatable bonds is 6. The lowest BCUT2D eigenvalue weighted by Gasteiger charge is -2.25. The highest BCUT2D eigenvalue weighted by atomic mass is 32.2. The van der Waals surface area contributed by atoms with Crippen molar-refractivity contribution in [2.24, 2.45) is 0 Å². The van der Waals surface area contributed by atoms with E-state index in [0.717, 1.165) is 66.9 Å². The molecule has 1 fully saturated rings. The molecule has 3 rings (SSSR count). The summed E-state index contributed by atoms with van der Waals surface area (Å²) < 4.78 is 0.